The number of halogens is 2. The van der Waals surface area contributed by atoms with E-state index in [1.807, 2.05) is 17.5 Å². The van der Waals surface area contributed by atoms with Crippen molar-refractivity contribution in [3.63, 3.8) is 0 Å². The maximum atomic E-state index is 14.0. The maximum Gasteiger partial charge on any atom is 0.257 e. The molecule has 1 aromatic carbocycles. The van der Waals surface area contributed by atoms with E-state index < -0.39 is 11.6 Å². The van der Waals surface area contributed by atoms with Crippen LogP contribution >= 0.6 is 11.3 Å². The van der Waals surface area contributed by atoms with Gasteiger partial charge in [0.25, 0.3) is 5.91 Å². The van der Waals surface area contributed by atoms with Crippen LogP contribution in [-0.2, 0) is 11.2 Å². The third kappa shape index (κ3) is 3.99. The average molecular weight is 351 g/mol. The Hall–Kier alpha value is -1.79. The SMILES string of the molecule is O=C(c1ccc(F)cc1F)N(CCc1cccs1)C1CCOCC1. The maximum absolute atomic E-state index is 14.0. The van der Waals surface area contributed by atoms with Crippen LogP contribution in [0.1, 0.15) is 28.1 Å². The van der Waals surface area contributed by atoms with Gasteiger partial charge >= 0.3 is 0 Å². The van der Waals surface area contributed by atoms with Crippen LogP contribution in [0.5, 0.6) is 0 Å². The summed E-state index contributed by atoms with van der Waals surface area (Å²) in [6.45, 7) is 1.71. The molecule has 0 saturated carbocycles. The first-order valence-corrected chi connectivity index (χ1v) is 8.89. The van der Waals surface area contributed by atoms with Gasteiger partial charge in [-0.2, -0.15) is 0 Å². The fraction of sp³-hybridized carbons (Fsp3) is 0.389. The Kier molecular flexibility index (Phi) is 5.58. The molecule has 0 atom stereocenters. The summed E-state index contributed by atoms with van der Waals surface area (Å²) >= 11 is 1.64. The molecule has 2 heterocycles. The van der Waals surface area contributed by atoms with Gasteiger partial charge in [-0.15, -0.1) is 11.3 Å². The van der Waals surface area contributed by atoms with Crippen molar-refractivity contribution in [3.05, 3.63) is 57.8 Å². The van der Waals surface area contributed by atoms with E-state index in [0.717, 1.165) is 31.4 Å². The minimum Gasteiger partial charge on any atom is -0.381 e. The zero-order chi connectivity index (χ0) is 16.9. The van der Waals surface area contributed by atoms with Gasteiger partial charge in [-0.3, -0.25) is 4.79 Å². The van der Waals surface area contributed by atoms with E-state index in [0.29, 0.717) is 19.8 Å². The van der Waals surface area contributed by atoms with Crippen molar-refractivity contribution < 1.29 is 18.3 Å². The molecule has 6 heteroatoms. The summed E-state index contributed by atoms with van der Waals surface area (Å²) in [6.07, 6.45) is 2.20. The van der Waals surface area contributed by atoms with E-state index in [2.05, 4.69) is 0 Å². The Labute approximate surface area is 143 Å². The molecule has 3 nitrogen and oxygen atoms in total. The molecule has 1 saturated heterocycles. The number of hydrogen-bond acceptors (Lipinski definition) is 3. The summed E-state index contributed by atoms with van der Waals surface area (Å²) in [5.74, 6) is -1.87. The third-order valence-electron chi connectivity index (χ3n) is 4.23. The molecule has 0 spiro atoms. The first kappa shape index (κ1) is 17.0. The summed E-state index contributed by atoms with van der Waals surface area (Å²) in [7, 11) is 0. The molecule has 24 heavy (non-hydrogen) atoms. The second-order valence-corrected chi connectivity index (χ2v) is 6.83. The van der Waals surface area contributed by atoms with E-state index in [1.165, 1.54) is 10.9 Å². The van der Waals surface area contributed by atoms with Crippen LogP contribution in [0.25, 0.3) is 0 Å². The van der Waals surface area contributed by atoms with Crippen LogP contribution in [0.4, 0.5) is 8.78 Å². The van der Waals surface area contributed by atoms with Gasteiger partial charge in [0, 0.05) is 36.7 Å². The molecule has 1 fully saturated rings. The molecular weight excluding hydrogens is 332 g/mol. The van der Waals surface area contributed by atoms with Crippen molar-refractivity contribution in [3.8, 4) is 0 Å². The number of ether oxygens (including phenoxy) is 1. The lowest BCUT2D eigenvalue weighted by Gasteiger charge is -2.34. The number of thiophene rings is 1. The third-order valence-corrected chi connectivity index (χ3v) is 5.17. The lowest BCUT2D eigenvalue weighted by molar-refractivity contribution is 0.0291. The van der Waals surface area contributed by atoms with Crippen LogP contribution in [-0.4, -0.2) is 36.6 Å². The van der Waals surface area contributed by atoms with Crippen molar-refractivity contribution in [1.29, 1.82) is 0 Å². The number of hydrogen-bond donors (Lipinski definition) is 0. The number of carbonyl (C=O) groups excluding carboxylic acids is 1. The molecule has 0 radical (unpaired) electrons. The second-order valence-electron chi connectivity index (χ2n) is 5.80. The van der Waals surface area contributed by atoms with Gasteiger partial charge in [-0.25, -0.2) is 8.78 Å². The van der Waals surface area contributed by atoms with Gasteiger partial charge in [-0.05, 0) is 42.8 Å². The molecule has 0 bridgehead atoms. The lowest BCUT2D eigenvalue weighted by Crippen LogP contribution is -2.44. The van der Waals surface area contributed by atoms with E-state index in [4.69, 9.17) is 4.74 Å². The molecule has 1 aliphatic rings. The molecule has 0 N–H and O–H groups in total. The largest absolute Gasteiger partial charge is 0.381 e. The number of amides is 1. The van der Waals surface area contributed by atoms with Crippen LogP contribution < -0.4 is 0 Å². The number of nitrogens with zero attached hydrogens (tertiary/aromatic N) is 1. The quantitative estimate of drug-likeness (QED) is 0.818. The summed E-state index contributed by atoms with van der Waals surface area (Å²) in [6, 6.07) is 7.13. The zero-order valence-electron chi connectivity index (χ0n) is 13.2. The highest BCUT2D eigenvalue weighted by molar-refractivity contribution is 7.09. The average Bonchev–Trinajstić information content (AvgIpc) is 3.09. The van der Waals surface area contributed by atoms with Gasteiger partial charge in [0.05, 0.1) is 5.56 Å². The van der Waals surface area contributed by atoms with Crippen molar-refractivity contribution in [1.82, 2.24) is 4.90 Å². The van der Waals surface area contributed by atoms with Gasteiger partial charge in [0.2, 0.25) is 0 Å². The Morgan fingerprint density at radius 3 is 2.71 bits per heavy atom. The molecule has 1 amide bonds. The molecule has 1 aliphatic heterocycles. The first-order chi connectivity index (χ1) is 11.6. The number of benzene rings is 1. The van der Waals surface area contributed by atoms with Gasteiger partial charge < -0.3 is 9.64 Å². The molecular formula is C18H19F2NO2S. The highest BCUT2D eigenvalue weighted by Gasteiger charge is 2.28. The topological polar surface area (TPSA) is 29.5 Å². The van der Waals surface area contributed by atoms with Crippen LogP contribution in [0, 0.1) is 11.6 Å². The standard InChI is InChI=1S/C18H19F2NO2S/c19-13-3-4-16(17(20)12-13)18(22)21(14-6-9-23-10-7-14)8-5-15-2-1-11-24-15/h1-4,11-12,14H,5-10H2. The van der Waals surface area contributed by atoms with Gasteiger partial charge in [-0.1, -0.05) is 6.07 Å². The van der Waals surface area contributed by atoms with E-state index >= 15 is 0 Å². The molecule has 2 aromatic rings. The summed E-state index contributed by atoms with van der Waals surface area (Å²) in [5.41, 5.74) is -0.0749. The molecule has 1 aromatic heterocycles. The lowest BCUT2D eigenvalue weighted by atomic mass is 10.0. The molecule has 0 aliphatic carbocycles. The second kappa shape index (κ2) is 7.85. The van der Waals surface area contributed by atoms with Gasteiger partial charge in [0.1, 0.15) is 11.6 Å². The monoisotopic (exact) mass is 351 g/mol. The predicted molar refractivity (Wildman–Crippen MR) is 89.3 cm³/mol. The fourth-order valence-corrected chi connectivity index (χ4v) is 3.65. The highest BCUT2D eigenvalue weighted by atomic mass is 32.1. The molecule has 0 unspecified atom stereocenters. The summed E-state index contributed by atoms with van der Waals surface area (Å²) in [4.78, 5) is 15.8. The summed E-state index contributed by atoms with van der Waals surface area (Å²) < 4.78 is 32.5. The predicted octanol–water partition coefficient (Wildman–Crippen LogP) is 3.89. The number of rotatable bonds is 5. The minimum atomic E-state index is -0.812. The van der Waals surface area contributed by atoms with Crippen molar-refractivity contribution in [2.45, 2.75) is 25.3 Å². The number of carbonyl (C=O) groups is 1. The van der Waals surface area contributed by atoms with E-state index in [9.17, 15) is 13.6 Å². The highest BCUT2D eigenvalue weighted by Crippen LogP contribution is 2.21. The smallest absolute Gasteiger partial charge is 0.257 e. The minimum absolute atomic E-state index is 0.0238. The van der Waals surface area contributed by atoms with Crippen LogP contribution in [0.2, 0.25) is 0 Å². The summed E-state index contributed by atoms with van der Waals surface area (Å²) in [5, 5.41) is 2.00. The van der Waals surface area contributed by atoms with Crippen LogP contribution in [0.15, 0.2) is 35.7 Å². The van der Waals surface area contributed by atoms with Crippen molar-refractivity contribution >= 4 is 17.2 Å². The first-order valence-electron chi connectivity index (χ1n) is 8.01. The Morgan fingerprint density at radius 1 is 1.25 bits per heavy atom. The zero-order valence-corrected chi connectivity index (χ0v) is 14.0. The van der Waals surface area contributed by atoms with Gasteiger partial charge in [0.15, 0.2) is 0 Å². The molecule has 3 rings (SSSR count). The van der Waals surface area contributed by atoms with E-state index in [-0.39, 0.29) is 17.5 Å². The fourth-order valence-electron chi connectivity index (χ4n) is 2.95. The Balaban J connectivity index is 1.80. The van der Waals surface area contributed by atoms with Crippen LogP contribution in [0.3, 0.4) is 0 Å². The van der Waals surface area contributed by atoms with E-state index in [1.54, 1.807) is 16.2 Å². The Bertz CT molecular complexity index is 684. The van der Waals surface area contributed by atoms with Crippen molar-refractivity contribution in [2.75, 3.05) is 19.8 Å². The normalized spacial score (nSPS) is 15.4. The van der Waals surface area contributed by atoms with Crippen molar-refractivity contribution in [2.24, 2.45) is 0 Å². The molecule has 128 valence electrons. The Morgan fingerprint density at radius 2 is 2.04 bits per heavy atom.